The van der Waals surface area contributed by atoms with E-state index in [0.29, 0.717) is 6.04 Å². The van der Waals surface area contributed by atoms with Crippen LogP contribution in [0.15, 0.2) is 18.2 Å². The summed E-state index contributed by atoms with van der Waals surface area (Å²) in [6, 6.07) is 6.40. The van der Waals surface area contributed by atoms with Gasteiger partial charge in [0.15, 0.2) is 0 Å². The van der Waals surface area contributed by atoms with Crippen molar-refractivity contribution in [1.82, 2.24) is 0 Å². The normalized spacial score (nSPS) is 20.7. The second kappa shape index (κ2) is 4.01. The van der Waals surface area contributed by atoms with Crippen LogP contribution in [0.2, 0.25) is 0 Å². The summed E-state index contributed by atoms with van der Waals surface area (Å²) in [4.78, 5) is 2.37. The van der Waals surface area contributed by atoms with Crippen LogP contribution in [0.5, 0.6) is 5.75 Å². The smallest absolute Gasteiger partial charge is 0.142 e. The summed E-state index contributed by atoms with van der Waals surface area (Å²) in [5, 5.41) is 0. The molecule has 0 spiro atoms. The van der Waals surface area contributed by atoms with Gasteiger partial charge in [0, 0.05) is 18.3 Å². The first kappa shape index (κ1) is 10.1. The fourth-order valence-corrected chi connectivity index (χ4v) is 2.22. The number of benzene rings is 1. The SMILES string of the molecule is COc1ccc(N)cc1N1CCCC1C. The second-order valence-corrected chi connectivity index (χ2v) is 4.12. The largest absolute Gasteiger partial charge is 0.495 e. The summed E-state index contributed by atoms with van der Waals surface area (Å²) >= 11 is 0. The molecule has 0 aliphatic carbocycles. The quantitative estimate of drug-likeness (QED) is 0.754. The molecule has 0 saturated carbocycles. The van der Waals surface area contributed by atoms with Gasteiger partial charge in [-0.15, -0.1) is 0 Å². The molecular weight excluding hydrogens is 188 g/mol. The van der Waals surface area contributed by atoms with Gasteiger partial charge >= 0.3 is 0 Å². The number of hydrogen-bond acceptors (Lipinski definition) is 3. The molecule has 1 aromatic carbocycles. The number of nitrogens with two attached hydrogens (primary N) is 1. The van der Waals surface area contributed by atoms with Crippen LogP contribution in [0, 0.1) is 0 Å². The molecule has 1 aliphatic rings. The van der Waals surface area contributed by atoms with Crippen molar-refractivity contribution in [1.29, 1.82) is 0 Å². The van der Waals surface area contributed by atoms with Gasteiger partial charge in [0.05, 0.1) is 12.8 Å². The molecule has 3 heteroatoms. The average Bonchev–Trinajstić information content (AvgIpc) is 2.64. The molecule has 0 amide bonds. The Labute approximate surface area is 90.8 Å². The average molecular weight is 206 g/mol. The molecule has 1 unspecified atom stereocenters. The van der Waals surface area contributed by atoms with Crippen LogP contribution in [0.3, 0.4) is 0 Å². The number of nitrogen functional groups attached to an aromatic ring is 1. The van der Waals surface area contributed by atoms with Gasteiger partial charge in [-0.25, -0.2) is 0 Å². The van der Waals surface area contributed by atoms with E-state index in [4.69, 9.17) is 10.5 Å². The first-order valence-corrected chi connectivity index (χ1v) is 5.42. The van der Waals surface area contributed by atoms with Gasteiger partial charge in [0.25, 0.3) is 0 Å². The maximum absolute atomic E-state index is 5.81. The molecule has 2 N–H and O–H groups in total. The highest BCUT2D eigenvalue weighted by Gasteiger charge is 2.23. The molecule has 1 heterocycles. The molecule has 1 fully saturated rings. The van der Waals surface area contributed by atoms with Crippen molar-refractivity contribution in [3.05, 3.63) is 18.2 Å². The van der Waals surface area contributed by atoms with Crippen LogP contribution in [0.25, 0.3) is 0 Å². The lowest BCUT2D eigenvalue weighted by Crippen LogP contribution is -2.26. The predicted molar refractivity (Wildman–Crippen MR) is 63.4 cm³/mol. The number of ether oxygens (including phenoxy) is 1. The van der Waals surface area contributed by atoms with Gasteiger partial charge in [-0.3, -0.25) is 0 Å². The van der Waals surface area contributed by atoms with E-state index in [-0.39, 0.29) is 0 Å². The summed E-state index contributed by atoms with van der Waals surface area (Å²) in [6.07, 6.45) is 2.50. The first-order valence-electron chi connectivity index (χ1n) is 5.42. The van der Waals surface area contributed by atoms with E-state index in [1.165, 1.54) is 12.8 Å². The Morgan fingerprint density at radius 2 is 2.27 bits per heavy atom. The minimum absolute atomic E-state index is 0.584. The zero-order valence-electron chi connectivity index (χ0n) is 9.36. The van der Waals surface area contributed by atoms with Crippen LogP contribution in [-0.2, 0) is 0 Å². The second-order valence-electron chi connectivity index (χ2n) is 4.12. The number of hydrogen-bond donors (Lipinski definition) is 1. The summed E-state index contributed by atoms with van der Waals surface area (Å²) in [5.74, 6) is 0.915. The van der Waals surface area contributed by atoms with Gasteiger partial charge in [-0.2, -0.15) is 0 Å². The van der Waals surface area contributed by atoms with E-state index in [9.17, 15) is 0 Å². The molecule has 1 aromatic rings. The Balaban J connectivity index is 2.36. The van der Waals surface area contributed by atoms with Gasteiger partial charge in [0.1, 0.15) is 5.75 Å². The van der Waals surface area contributed by atoms with E-state index in [1.807, 2.05) is 18.2 Å². The fourth-order valence-electron chi connectivity index (χ4n) is 2.22. The predicted octanol–water partition coefficient (Wildman–Crippen LogP) is 2.27. The van der Waals surface area contributed by atoms with E-state index in [0.717, 1.165) is 23.7 Å². The van der Waals surface area contributed by atoms with Gasteiger partial charge in [-0.1, -0.05) is 0 Å². The van der Waals surface area contributed by atoms with Crippen LogP contribution in [0.4, 0.5) is 11.4 Å². The first-order chi connectivity index (χ1) is 7.22. The monoisotopic (exact) mass is 206 g/mol. The number of nitrogens with zero attached hydrogens (tertiary/aromatic N) is 1. The molecule has 0 bridgehead atoms. The standard InChI is InChI=1S/C12H18N2O/c1-9-4-3-7-14(9)11-8-10(13)5-6-12(11)15-2/h5-6,8-9H,3-4,7,13H2,1-2H3. The van der Waals surface area contributed by atoms with Crippen molar-refractivity contribution >= 4 is 11.4 Å². The van der Waals surface area contributed by atoms with Gasteiger partial charge in [0.2, 0.25) is 0 Å². The Morgan fingerprint density at radius 3 is 2.87 bits per heavy atom. The molecular formula is C12H18N2O. The summed E-state index contributed by atoms with van der Waals surface area (Å²) in [5.41, 5.74) is 7.74. The Kier molecular flexibility index (Phi) is 2.71. The van der Waals surface area contributed by atoms with Crippen LogP contribution >= 0.6 is 0 Å². The highest BCUT2D eigenvalue weighted by Crippen LogP contribution is 2.34. The Bertz CT molecular complexity index is 351. The van der Waals surface area contributed by atoms with E-state index in [1.54, 1.807) is 7.11 Å². The molecule has 3 nitrogen and oxygen atoms in total. The summed E-state index contributed by atoms with van der Waals surface area (Å²) in [6.45, 7) is 3.34. The highest BCUT2D eigenvalue weighted by molar-refractivity contribution is 5.65. The van der Waals surface area contributed by atoms with Crippen molar-refractivity contribution in [3.8, 4) is 5.75 Å². The van der Waals surface area contributed by atoms with Crippen molar-refractivity contribution in [2.45, 2.75) is 25.8 Å². The van der Waals surface area contributed by atoms with Crippen molar-refractivity contribution in [3.63, 3.8) is 0 Å². The molecule has 82 valence electrons. The zero-order chi connectivity index (χ0) is 10.8. The zero-order valence-corrected chi connectivity index (χ0v) is 9.36. The third-order valence-electron chi connectivity index (χ3n) is 3.07. The van der Waals surface area contributed by atoms with Crippen LogP contribution < -0.4 is 15.4 Å². The lowest BCUT2D eigenvalue weighted by molar-refractivity contribution is 0.414. The fraction of sp³-hybridized carbons (Fsp3) is 0.500. The molecule has 0 aromatic heterocycles. The third-order valence-corrected chi connectivity index (χ3v) is 3.07. The molecule has 0 radical (unpaired) electrons. The van der Waals surface area contributed by atoms with Gasteiger partial charge < -0.3 is 15.4 Å². The lowest BCUT2D eigenvalue weighted by atomic mass is 10.2. The topological polar surface area (TPSA) is 38.5 Å². The van der Waals surface area contributed by atoms with Gasteiger partial charge in [-0.05, 0) is 38.0 Å². The van der Waals surface area contributed by atoms with Crippen molar-refractivity contribution in [2.24, 2.45) is 0 Å². The lowest BCUT2D eigenvalue weighted by Gasteiger charge is -2.25. The minimum atomic E-state index is 0.584. The van der Waals surface area contributed by atoms with E-state index >= 15 is 0 Å². The molecule has 1 atom stereocenters. The Morgan fingerprint density at radius 1 is 1.47 bits per heavy atom. The third kappa shape index (κ3) is 1.87. The number of methoxy groups -OCH3 is 1. The number of rotatable bonds is 2. The molecule has 15 heavy (non-hydrogen) atoms. The molecule has 2 rings (SSSR count). The maximum atomic E-state index is 5.81. The summed E-state index contributed by atoms with van der Waals surface area (Å²) in [7, 11) is 1.70. The van der Waals surface area contributed by atoms with E-state index in [2.05, 4.69) is 11.8 Å². The maximum Gasteiger partial charge on any atom is 0.142 e. The van der Waals surface area contributed by atoms with Crippen LogP contribution in [0.1, 0.15) is 19.8 Å². The minimum Gasteiger partial charge on any atom is -0.495 e. The van der Waals surface area contributed by atoms with E-state index < -0.39 is 0 Å². The molecule has 1 aliphatic heterocycles. The number of anilines is 2. The molecule has 1 saturated heterocycles. The Hall–Kier alpha value is -1.38. The van der Waals surface area contributed by atoms with Crippen molar-refractivity contribution in [2.75, 3.05) is 24.3 Å². The highest BCUT2D eigenvalue weighted by atomic mass is 16.5. The van der Waals surface area contributed by atoms with Crippen LogP contribution in [-0.4, -0.2) is 19.7 Å². The van der Waals surface area contributed by atoms with Crippen molar-refractivity contribution < 1.29 is 4.74 Å². The summed E-state index contributed by atoms with van der Waals surface area (Å²) < 4.78 is 5.36.